The van der Waals surface area contributed by atoms with E-state index in [1.54, 1.807) is 17.0 Å². The van der Waals surface area contributed by atoms with Crippen LogP contribution < -0.4 is 10.2 Å². The lowest BCUT2D eigenvalue weighted by Crippen LogP contribution is -2.51. The Balaban J connectivity index is 1.37. The van der Waals surface area contributed by atoms with Crippen LogP contribution in [0.5, 0.6) is 0 Å². The number of hydrogen-bond donors (Lipinski definition) is 1. The molecule has 1 fully saturated rings. The molecule has 0 saturated carbocycles. The summed E-state index contributed by atoms with van der Waals surface area (Å²) < 4.78 is 0. The molecule has 0 unspecified atom stereocenters. The number of nitrogens with one attached hydrogen (secondary N) is 1. The fourth-order valence-electron chi connectivity index (χ4n) is 3.37. The smallest absolute Gasteiger partial charge is 0.242 e. The summed E-state index contributed by atoms with van der Waals surface area (Å²) in [4.78, 5) is 40.5. The number of carbonyl (C=O) groups excluding carboxylic acids is 3. The third-order valence-corrected chi connectivity index (χ3v) is 5.43. The molecular weight excluding hydrogens is 402 g/mol. The van der Waals surface area contributed by atoms with Crippen LogP contribution in [-0.4, -0.2) is 55.2 Å². The van der Waals surface area contributed by atoms with Gasteiger partial charge in [-0.2, -0.15) is 0 Å². The molecule has 6 nitrogen and oxygen atoms in total. The molecule has 30 heavy (non-hydrogen) atoms. The Bertz CT molecular complexity index is 906. The molecule has 0 aliphatic carbocycles. The monoisotopic (exact) mass is 427 g/mol. The minimum atomic E-state index is -0.290. The van der Waals surface area contributed by atoms with E-state index in [0.717, 1.165) is 11.3 Å². The second-order valence-corrected chi connectivity index (χ2v) is 7.85. The number of hydrogen-bond acceptors (Lipinski definition) is 4. The number of halogens is 1. The van der Waals surface area contributed by atoms with E-state index in [2.05, 4.69) is 10.2 Å². The first-order valence-electron chi connectivity index (χ1n) is 10.1. The lowest BCUT2D eigenvalue weighted by Gasteiger charge is -2.36. The molecule has 3 rings (SSSR count). The normalized spacial score (nSPS) is 13.8. The van der Waals surface area contributed by atoms with E-state index >= 15 is 0 Å². The minimum absolute atomic E-state index is 0.0469. The Kier molecular flexibility index (Phi) is 7.46. The highest BCUT2D eigenvalue weighted by Crippen LogP contribution is 2.20. The van der Waals surface area contributed by atoms with Gasteiger partial charge in [-0.15, -0.1) is 0 Å². The Labute approximate surface area is 181 Å². The van der Waals surface area contributed by atoms with E-state index in [1.807, 2.05) is 43.3 Å². The first kappa shape index (κ1) is 21.8. The SMILES string of the molecule is Cc1ccc(C(=O)CCC(=O)NCC(=O)N2CCN(c3cccc(Cl)c3)CC2)cc1. The van der Waals surface area contributed by atoms with Crippen LogP contribution in [0.1, 0.15) is 28.8 Å². The maximum Gasteiger partial charge on any atom is 0.242 e. The van der Waals surface area contributed by atoms with E-state index in [9.17, 15) is 14.4 Å². The molecule has 0 aromatic heterocycles. The topological polar surface area (TPSA) is 69.7 Å². The molecule has 2 aromatic rings. The van der Waals surface area contributed by atoms with Gasteiger partial charge in [0.1, 0.15) is 0 Å². The first-order chi connectivity index (χ1) is 14.4. The number of anilines is 1. The number of ketones is 1. The van der Waals surface area contributed by atoms with Gasteiger partial charge in [-0.25, -0.2) is 0 Å². The van der Waals surface area contributed by atoms with Crippen molar-refractivity contribution >= 4 is 34.9 Å². The van der Waals surface area contributed by atoms with Crippen LogP contribution in [0.15, 0.2) is 48.5 Å². The fraction of sp³-hybridized carbons (Fsp3) is 0.348. The molecule has 0 bridgehead atoms. The summed E-state index contributed by atoms with van der Waals surface area (Å²) >= 11 is 6.05. The molecule has 0 radical (unpaired) electrons. The number of nitrogens with zero attached hydrogens (tertiary/aromatic N) is 2. The zero-order valence-electron chi connectivity index (χ0n) is 17.1. The van der Waals surface area contributed by atoms with Crippen LogP contribution in [0.25, 0.3) is 0 Å². The zero-order chi connectivity index (χ0) is 21.5. The average molecular weight is 428 g/mol. The summed E-state index contributed by atoms with van der Waals surface area (Å²) in [5, 5.41) is 3.32. The second kappa shape index (κ2) is 10.3. The predicted octanol–water partition coefficient (Wildman–Crippen LogP) is 3.08. The Morgan fingerprint density at radius 2 is 1.67 bits per heavy atom. The highest BCUT2D eigenvalue weighted by Gasteiger charge is 2.21. The van der Waals surface area contributed by atoms with Gasteiger partial charge in [-0.05, 0) is 25.1 Å². The molecule has 1 heterocycles. The van der Waals surface area contributed by atoms with E-state index in [0.29, 0.717) is 36.8 Å². The number of piperazine rings is 1. The van der Waals surface area contributed by atoms with E-state index in [-0.39, 0.29) is 37.0 Å². The molecule has 1 aliphatic rings. The summed E-state index contributed by atoms with van der Waals surface area (Å²) in [5.41, 5.74) is 2.72. The predicted molar refractivity (Wildman–Crippen MR) is 118 cm³/mol. The number of amides is 2. The Hall–Kier alpha value is -2.86. The number of benzene rings is 2. The molecule has 7 heteroatoms. The van der Waals surface area contributed by atoms with Gasteiger partial charge in [0.05, 0.1) is 6.54 Å². The van der Waals surface area contributed by atoms with Crippen molar-refractivity contribution < 1.29 is 14.4 Å². The lowest BCUT2D eigenvalue weighted by molar-refractivity contribution is -0.133. The van der Waals surface area contributed by atoms with Crippen molar-refractivity contribution in [3.05, 3.63) is 64.7 Å². The van der Waals surface area contributed by atoms with Gasteiger partial charge >= 0.3 is 0 Å². The first-order valence-corrected chi connectivity index (χ1v) is 10.4. The van der Waals surface area contributed by atoms with Crippen molar-refractivity contribution in [3.63, 3.8) is 0 Å². The van der Waals surface area contributed by atoms with Gasteiger partial charge in [-0.1, -0.05) is 47.5 Å². The van der Waals surface area contributed by atoms with Crippen molar-refractivity contribution in [2.45, 2.75) is 19.8 Å². The molecule has 1 N–H and O–H groups in total. The van der Waals surface area contributed by atoms with Gasteiger partial charge < -0.3 is 15.1 Å². The van der Waals surface area contributed by atoms with Crippen LogP contribution in [0.4, 0.5) is 5.69 Å². The van der Waals surface area contributed by atoms with Crippen LogP contribution in [-0.2, 0) is 9.59 Å². The van der Waals surface area contributed by atoms with Crippen molar-refractivity contribution in [2.24, 2.45) is 0 Å². The van der Waals surface area contributed by atoms with Crippen LogP contribution >= 0.6 is 11.6 Å². The van der Waals surface area contributed by atoms with Crippen molar-refractivity contribution in [1.82, 2.24) is 10.2 Å². The highest BCUT2D eigenvalue weighted by molar-refractivity contribution is 6.30. The van der Waals surface area contributed by atoms with E-state index in [1.165, 1.54) is 0 Å². The van der Waals surface area contributed by atoms with E-state index in [4.69, 9.17) is 11.6 Å². The van der Waals surface area contributed by atoms with E-state index < -0.39 is 0 Å². The Morgan fingerprint density at radius 3 is 2.33 bits per heavy atom. The van der Waals surface area contributed by atoms with Gasteiger partial charge in [0.2, 0.25) is 11.8 Å². The largest absolute Gasteiger partial charge is 0.368 e. The standard InChI is InChI=1S/C23H26ClN3O3/c1-17-5-7-18(8-6-17)21(28)9-10-22(29)25-16-23(30)27-13-11-26(12-14-27)20-4-2-3-19(24)15-20/h2-8,15H,9-14,16H2,1H3,(H,25,29). The third kappa shape index (κ3) is 6.07. The maximum absolute atomic E-state index is 12.4. The Morgan fingerprint density at radius 1 is 0.967 bits per heavy atom. The summed E-state index contributed by atoms with van der Waals surface area (Å²) in [6.45, 7) is 4.51. The molecular formula is C23H26ClN3O3. The van der Waals surface area contributed by atoms with Crippen LogP contribution in [0.3, 0.4) is 0 Å². The number of rotatable bonds is 7. The summed E-state index contributed by atoms with van der Waals surface area (Å²) in [6.07, 6.45) is 0.198. The summed E-state index contributed by atoms with van der Waals surface area (Å²) in [5.74, 6) is -0.478. The number of carbonyl (C=O) groups is 3. The zero-order valence-corrected chi connectivity index (χ0v) is 17.8. The molecule has 2 aromatic carbocycles. The molecule has 158 valence electrons. The second-order valence-electron chi connectivity index (χ2n) is 7.41. The quantitative estimate of drug-likeness (QED) is 0.689. The van der Waals surface area contributed by atoms with Gasteiger partial charge in [0, 0.05) is 55.3 Å². The number of aryl methyl sites for hydroxylation is 1. The molecule has 0 atom stereocenters. The molecule has 1 aliphatic heterocycles. The molecule has 1 saturated heterocycles. The third-order valence-electron chi connectivity index (χ3n) is 5.20. The summed E-state index contributed by atoms with van der Waals surface area (Å²) in [6, 6.07) is 14.9. The van der Waals surface area contributed by atoms with Gasteiger partial charge in [0.25, 0.3) is 0 Å². The highest BCUT2D eigenvalue weighted by atomic mass is 35.5. The maximum atomic E-state index is 12.4. The summed E-state index contributed by atoms with van der Waals surface area (Å²) in [7, 11) is 0. The molecule has 0 spiro atoms. The van der Waals surface area contributed by atoms with Crippen LogP contribution in [0.2, 0.25) is 5.02 Å². The number of Topliss-reactive ketones (excluding diaryl/α,β-unsaturated/α-hetero) is 1. The van der Waals surface area contributed by atoms with Crippen molar-refractivity contribution in [3.8, 4) is 0 Å². The lowest BCUT2D eigenvalue weighted by atomic mass is 10.1. The van der Waals surface area contributed by atoms with Crippen LogP contribution in [0, 0.1) is 6.92 Å². The van der Waals surface area contributed by atoms with Crippen molar-refractivity contribution in [1.29, 1.82) is 0 Å². The molecule has 2 amide bonds. The average Bonchev–Trinajstić information content (AvgIpc) is 2.76. The van der Waals surface area contributed by atoms with Gasteiger partial charge in [-0.3, -0.25) is 14.4 Å². The minimum Gasteiger partial charge on any atom is -0.368 e. The fourth-order valence-corrected chi connectivity index (χ4v) is 3.56. The van der Waals surface area contributed by atoms with Gasteiger partial charge in [0.15, 0.2) is 5.78 Å². The van der Waals surface area contributed by atoms with Crippen molar-refractivity contribution in [2.75, 3.05) is 37.6 Å².